The monoisotopic (exact) mass is 278 g/mol. The van der Waals surface area contributed by atoms with E-state index in [4.69, 9.17) is 4.74 Å². The van der Waals surface area contributed by atoms with Crippen LogP contribution in [-0.2, 0) is 11.2 Å². The molecular weight excluding hydrogens is 256 g/mol. The summed E-state index contributed by atoms with van der Waals surface area (Å²) in [5.41, 5.74) is 1.40. The Kier molecular flexibility index (Phi) is 4.46. The number of hydrogen-bond donors (Lipinski definition) is 1. The average molecular weight is 278 g/mol. The quantitative estimate of drug-likeness (QED) is 0.895. The average Bonchev–Trinajstić information content (AvgIpc) is 3.07. The molecule has 0 bridgehead atoms. The van der Waals surface area contributed by atoms with Gasteiger partial charge in [0.15, 0.2) is 0 Å². The fourth-order valence-corrected chi connectivity index (χ4v) is 4.38. The number of hydrogen-bond acceptors (Lipinski definition) is 3. The van der Waals surface area contributed by atoms with Crippen LogP contribution in [0.2, 0.25) is 0 Å². The van der Waals surface area contributed by atoms with Crippen LogP contribution in [0.1, 0.15) is 37.7 Å². The first kappa shape index (κ1) is 13.5. The molecule has 1 aromatic rings. The van der Waals surface area contributed by atoms with Crippen molar-refractivity contribution in [2.75, 3.05) is 6.61 Å². The van der Waals surface area contributed by atoms with Crippen LogP contribution >= 0.6 is 11.8 Å². The van der Waals surface area contributed by atoms with E-state index >= 15 is 0 Å². The molecule has 3 heteroatoms. The van der Waals surface area contributed by atoms with Crippen LogP contribution in [0.25, 0.3) is 0 Å². The summed E-state index contributed by atoms with van der Waals surface area (Å²) < 4.78 is 5.62. The molecule has 1 aromatic carbocycles. The van der Waals surface area contributed by atoms with Gasteiger partial charge in [-0.25, -0.2) is 0 Å². The lowest BCUT2D eigenvalue weighted by atomic mass is 10.0. The molecule has 0 aromatic heterocycles. The van der Waals surface area contributed by atoms with Gasteiger partial charge in [-0.15, -0.1) is 11.8 Å². The van der Waals surface area contributed by atoms with E-state index in [9.17, 15) is 5.11 Å². The second-order valence-electron chi connectivity index (χ2n) is 5.60. The summed E-state index contributed by atoms with van der Waals surface area (Å²) in [6.07, 6.45) is 6.81. The van der Waals surface area contributed by atoms with Crippen molar-refractivity contribution in [3.63, 3.8) is 0 Å². The normalized spacial score (nSPS) is 27.4. The smallest absolute Gasteiger partial charge is 0.0665 e. The third-order valence-electron chi connectivity index (χ3n) is 4.15. The van der Waals surface area contributed by atoms with E-state index in [-0.39, 0.29) is 6.10 Å². The fourth-order valence-electron chi connectivity index (χ4n) is 3.04. The SMILES string of the molecule is OC(CCCC1CCCO1)C1Cc2ccccc2S1. The highest BCUT2D eigenvalue weighted by Crippen LogP contribution is 2.39. The fraction of sp³-hybridized carbons (Fsp3) is 0.625. The minimum Gasteiger partial charge on any atom is -0.392 e. The van der Waals surface area contributed by atoms with Crippen LogP contribution in [0.15, 0.2) is 29.2 Å². The van der Waals surface area contributed by atoms with Gasteiger partial charge in [-0.05, 0) is 50.2 Å². The number of aliphatic hydroxyl groups is 1. The Labute approximate surface area is 119 Å². The lowest BCUT2D eigenvalue weighted by molar-refractivity contribution is 0.0942. The Morgan fingerprint density at radius 1 is 1.37 bits per heavy atom. The maximum atomic E-state index is 10.3. The first-order chi connectivity index (χ1) is 9.33. The highest BCUT2D eigenvalue weighted by molar-refractivity contribution is 8.00. The molecule has 0 amide bonds. The van der Waals surface area contributed by atoms with E-state index in [1.54, 1.807) is 0 Å². The van der Waals surface area contributed by atoms with Gasteiger partial charge in [-0.1, -0.05) is 18.2 Å². The minimum atomic E-state index is -0.182. The molecule has 1 fully saturated rings. The lowest BCUT2D eigenvalue weighted by Gasteiger charge is -2.17. The summed E-state index contributed by atoms with van der Waals surface area (Å²) in [6.45, 7) is 0.932. The Morgan fingerprint density at radius 3 is 3.05 bits per heavy atom. The van der Waals surface area contributed by atoms with Crippen molar-refractivity contribution in [2.45, 2.75) is 60.9 Å². The van der Waals surface area contributed by atoms with Gasteiger partial charge >= 0.3 is 0 Å². The highest BCUT2D eigenvalue weighted by atomic mass is 32.2. The summed E-state index contributed by atoms with van der Waals surface area (Å²) in [7, 11) is 0. The molecular formula is C16H22O2S. The number of ether oxygens (including phenoxy) is 1. The summed E-state index contributed by atoms with van der Waals surface area (Å²) in [5.74, 6) is 0. The highest BCUT2D eigenvalue weighted by Gasteiger charge is 2.28. The van der Waals surface area contributed by atoms with Crippen molar-refractivity contribution >= 4 is 11.8 Å². The maximum Gasteiger partial charge on any atom is 0.0665 e. The predicted molar refractivity (Wildman–Crippen MR) is 78.6 cm³/mol. The Morgan fingerprint density at radius 2 is 2.26 bits per heavy atom. The second kappa shape index (κ2) is 6.29. The van der Waals surface area contributed by atoms with Crippen molar-refractivity contribution in [3.8, 4) is 0 Å². The standard InChI is InChI=1S/C16H22O2S/c17-14(8-3-6-13-7-4-10-18-13)16-11-12-5-1-2-9-15(12)19-16/h1-2,5,9,13-14,16-17H,3-4,6-8,10-11H2. The van der Waals surface area contributed by atoms with Gasteiger partial charge in [0.1, 0.15) is 0 Å². The molecule has 2 nitrogen and oxygen atoms in total. The van der Waals surface area contributed by atoms with Crippen molar-refractivity contribution in [3.05, 3.63) is 29.8 Å². The van der Waals surface area contributed by atoms with E-state index in [1.165, 1.54) is 23.3 Å². The third kappa shape index (κ3) is 3.33. The van der Waals surface area contributed by atoms with Crippen LogP contribution < -0.4 is 0 Å². The number of benzene rings is 1. The first-order valence-corrected chi connectivity index (χ1v) is 8.25. The number of aliphatic hydroxyl groups excluding tert-OH is 1. The molecule has 0 spiro atoms. The predicted octanol–water partition coefficient (Wildman–Crippen LogP) is 3.41. The summed E-state index contributed by atoms with van der Waals surface area (Å²) in [4.78, 5) is 1.35. The summed E-state index contributed by atoms with van der Waals surface area (Å²) >= 11 is 1.85. The van der Waals surface area contributed by atoms with Crippen LogP contribution in [0.5, 0.6) is 0 Å². The van der Waals surface area contributed by atoms with E-state index in [1.807, 2.05) is 11.8 Å². The molecule has 3 unspecified atom stereocenters. The Balaban J connectivity index is 1.43. The van der Waals surface area contributed by atoms with E-state index in [0.29, 0.717) is 11.4 Å². The summed E-state index contributed by atoms with van der Waals surface area (Å²) in [6, 6.07) is 8.52. The molecule has 1 N–H and O–H groups in total. The number of rotatable bonds is 5. The number of thioether (sulfide) groups is 1. The molecule has 104 valence electrons. The van der Waals surface area contributed by atoms with Crippen LogP contribution in [0, 0.1) is 0 Å². The van der Waals surface area contributed by atoms with Crippen molar-refractivity contribution in [1.82, 2.24) is 0 Å². The zero-order chi connectivity index (χ0) is 13.1. The summed E-state index contributed by atoms with van der Waals surface area (Å²) in [5, 5.41) is 10.7. The van der Waals surface area contributed by atoms with Gasteiger partial charge in [-0.2, -0.15) is 0 Å². The maximum absolute atomic E-state index is 10.3. The van der Waals surface area contributed by atoms with Gasteiger partial charge in [0.25, 0.3) is 0 Å². The zero-order valence-corrected chi connectivity index (χ0v) is 12.1. The molecule has 19 heavy (non-hydrogen) atoms. The molecule has 3 atom stereocenters. The van der Waals surface area contributed by atoms with Crippen LogP contribution in [-0.4, -0.2) is 29.2 Å². The van der Waals surface area contributed by atoms with Gasteiger partial charge in [-0.3, -0.25) is 0 Å². The lowest BCUT2D eigenvalue weighted by Crippen LogP contribution is -2.22. The van der Waals surface area contributed by atoms with Gasteiger partial charge in [0, 0.05) is 16.8 Å². The van der Waals surface area contributed by atoms with Crippen molar-refractivity contribution < 1.29 is 9.84 Å². The third-order valence-corrected chi connectivity index (χ3v) is 5.59. The zero-order valence-electron chi connectivity index (χ0n) is 11.3. The molecule has 3 rings (SSSR count). The second-order valence-corrected chi connectivity index (χ2v) is 6.88. The first-order valence-electron chi connectivity index (χ1n) is 7.37. The van der Waals surface area contributed by atoms with Gasteiger partial charge in [0.05, 0.1) is 12.2 Å². The Hall–Kier alpha value is -0.510. The largest absolute Gasteiger partial charge is 0.392 e. The molecule has 0 aliphatic carbocycles. The molecule has 2 aliphatic heterocycles. The van der Waals surface area contributed by atoms with Gasteiger partial charge < -0.3 is 9.84 Å². The van der Waals surface area contributed by atoms with E-state index in [0.717, 1.165) is 32.3 Å². The van der Waals surface area contributed by atoms with E-state index in [2.05, 4.69) is 24.3 Å². The van der Waals surface area contributed by atoms with Crippen LogP contribution in [0.3, 0.4) is 0 Å². The minimum absolute atomic E-state index is 0.182. The topological polar surface area (TPSA) is 29.5 Å². The molecule has 2 aliphatic rings. The van der Waals surface area contributed by atoms with Crippen molar-refractivity contribution in [2.24, 2.45) is 0 Å². The molecule has 1 saturated heterocycles. The molecule has 0 saturated carbocycles. The van der Waals surface area contributed by atoms with E-state index < -0.39 is 0 Å². The number of fused-ring (bicyclic) bond motifs is 1. The van der Waals surface area contributed by atoms with Crippen LogP contribution in [0.4, 0.5) is 0 Å². The Bertz CT molecular complexity index is 390. The molecule has 2 heterocycles. The van der Waals surface area contributed by atoms with Crippen molar-refractivity contribution in [1.29, 1.82) is 0 Å². The molecule has 0 radical (unpaired) electrons. The van der Waals surface area contributed by atoms with Gasteiger partial charge in [0.2, 0.25) is 0 Å².